The summed E-state index contributed by atoms with van der Waals surface area (Å²) < 4.78 is 5.14. The number of nitrogens with zero attached hydrogens (tertiary/aromatic N) is 2. The highest BCUT2D eigenvalue weighted by Gasteiger charge is 2.24. The molecule has 0 bridgehead atoms. The van der Waals surface area contributed by atoms with Gasteiger partial charge in [-0.25, -0.2) is 0 Å². The lowest BCUT2D eigenvalue weighted by molar-refractivity contribution is -0.128. The van der Waals surface area contributed by atoms with E-state index in [4.69, 9.17) is 4.74 Å². The number of methoxy groups -OCH3 is 1. The minimum absolute atomic E-state index is 0.169. The highest BCUT2D eigenvalue weighted by molar-refractivity contribution is 5.97. The predicted molar refractivity (Wildman–Crippen MR) is 98.0 cm³/mol. The second-order valence-corrected chi connectivity index (χ2v) is 6.43. The topological polar surface area (TPSA) is 65.4 Å². The third kappa shape index (κ3) is 5.53. The van der Waals surface area contributed by atoms with Crippen LogP contribution < -0.4 is 10.1 Å². The molecule has 1 N–H and O–H groups in total. The Hall–Kier alpha value is -2.48. The van der Waals surface area contributed by atoms with Crippen molar-refractivity contribution in [2.75, 3.05) is 20.7 Å². The number of benzene rings is 1. The number of rotatable bonds is 7. The minimum Gasteiger partial charge on any atom is -0.497 e. The first-order valence-corrected chi connectivity index (χ1v) is 8.89. The summed E-state index contributed by atoms with van der Waals surface area (Å²) in [5.74, 6) is 0.645. The Balaban J connectivity index is 1.84. The van der Waals surface area contributed by atoms with Crippen LogP contribution in [0.25, 0.3) is 0 Å². The van der Waals surface area contributed by atoms with Gasteiger partial charge >= 0.3 is 0 Å². The van der Waals surface area contributed by atoms with Crippen LogP contribution in [0.3, 0.4) is 0 Å². The molecule has 1 aliphatic rings. The van der Waals surface area contributed by atoms with Gasteiger partial charge in [0.25, 0.3) is 5.91 Å². The van der Waals surface area contributed by atoms with E-state index in [2.05, 4.69) is 5.32 Å². The molecule has 0 saturated heterocycles. The maximum absolute atomic E-state index is 12.5. The fourth-order valence-electron chi connectivity index (χ4n) is 3.15. The van der Waals surface area contributed by atoms with Gasteiger partial charge in [-0.3, -0.25) is 4.79 Å². The molecule has 5 heteroatoms. The molecule has 1 aromatic carbocycles. The Morgan fingerprint density at radius 2 is 2.00 bits per heavy atom. The maximum Gasteiger partial charge on any atom is 0.265 e. The van der Waals surface area contributed by atoms with Gasteiger partial charge in [-0.2, -0.15) is 5.26 Å². The van der Waals surface area contributed by atoms with Crippen molar-refractivity contribution in [2.24, 2.45) is 0 Å². The number of nitriles is 1. The van der Waals surface area contributed by atoms with E-state index in [9.17, 15) is 10.1 Å². The summed E-state index contributed by atoms with van der Waals surface area (Å²) in [6.07, 6.45) is 7.99. The average Bonchev–Trinajstić information content (AvgIpc) is 2.68. The Kier molecular flexibility index (Phi) is 7.34. The van der Waals surface area contributed by atoms with E-state index in [1.165, 1.54) is 12.0 Å². The van der Waals surface area contributed by atoms with Crippen LogP contribution in [0.2, 0.25) is 0 Å². The van der Waals surface area contributed by atoms with E-state index in [1.807, 2.05) is 30.3 Å². The van der Waals surface area contributed by atoms with Crippen LogP contribution in [0.15, 0.2) is 36.0 Å². The molecule has 5 nitrogen and oxygen atoms in total. The number of hydrogen-bond acceptors (Lipinski definition) is 4. The number of hydrogen-bond donors (Lipinski definition) is 1. The van der Waals surface area contributed by atoms with Crippen LogP contribution in [0.4, 0.5) is 0 Å². The summed E-state index contributed by atoms with van der Waals surface area (Å²) in [5, 5.41) is 12.4. The summed E-state index contributed by atoms with van der Waals surface area (Å²) in [5.41, 5.74) is 1.34. The summed E-state index contributed by atoms with van der Waals surface area (Å²) >= 11 is 0. The first-order valence-electron chi connectivity index (χ1n) is 8.89. The molecule has 1 aliphatic carbocycles. The van der Waals surface area contributed by atoms with Gasteiger partial charge < -0.3 is 15.0 Å². The summed E-state index contributed by atoms with van der Waals surface area (Å²) in [6, 6.07) is 10.2. The second-order valence-electron chi connectivity index (χ2n) is 6.43. The molecule has 0 aromatic heterocycles. The quantitative estimate of drug-likeness (QED) is 0.470. The zero-order chi connectivity index (χ0) is 18.1. The number of carbonyl (C=O) groups is 1. The largest absolute Gasteiger partial charge is 0.497 e. The summed E-state index contributed by atoms with van der Waals surface area (Å²) in [6.45, 7) is 0.665. The number of amides is 1. The van der Waals surface area contributed by atoms with Gasteiger partial charge in [-0.05, 0) is 37.0 Å². The lowest BCUT2D eigenvalue weighted by atomic mass is 9.94. The van der Waals surface area contributed by atoms with Crippen molar-refractivity contribution in [3.8, 4) is 11.8 Å². The van der Waals surface area contributed by atoms with Crippen molar-refractivity contribution in [2.45, 2.75) is 44.6 Å². The zero-order valence-corrected chi connectivity index (χ0v) is 15.1. The molecule has 1 saturated carbocycles. The fourth-order valence-corrected chi connectivity index (χ4v) is 3.15. The van der Waals surface area contributed by atoms with Crippen LogP contribution in [-0.2, 0) is 11.2 Å². The monoisotopic (exact) mass is 341 g/mol. The van der Waals surface area contributed by atoms with E-state index in [0.29, 0.717) is 6.54 Å². The van der Waals surface area contributed by atoms with E-state index >= 15 is 0 Å². The normalized spacial score (nSPS) is 15.3. The Morgan fingerprint density at radius 3 is 2.60 bits per heavy atom. The Bertz CT molecular complexity index is 625. The fraction of sp³-hybridized carbons (Fsp3) is 0.500. The lowest BCUT2D eigenvalue weighted by Gasteiger charge is -2.31. The molecule has 134 valence electrons. The number of ether oxygens (including phenoxy) is 1. The standard InChI is InChI=1S/C20H27N3O2/c1-23(18-6-4-3-5-7-18)20(24)17(14-21)15-22-13-12-16-8-10-19(25-2)11-9-16/h8-11,15,18,22H,3-7,12-13H2,1-2H3/b17-15-. The van der Waals surface area contributed by atoms with Crippen molar-refractivity contribution < 1.29 is 9.53 Å². The van der Waals surface area contributed by atoms with Gasteiger partial charge in [0.2, 0.25) is 0 Å². The molecule has 0 aliphatic heterocycles. The van der Waals surface area contributed by atoms with E-state index in [1.54, 1.807) is 25.3 Å². The van der Waals surface area contributed by atoms with Crippen molar-refractivity contribution in [1.29, 1.82) is 5.26 Å². The molecule has 0 atom stereocenters. The SMILES string of the molecule is COc1ccc(CCN/C=C(/C#N)C(=O)N(C)C2CCCCC2)cc1. The van der Waals surface area contributed by atoms with Gasteiger partial charge in [-0.15, -0.1) is 0 Å². The van der Waals surface area contributed by atoms with Crippen molar-refractivity contribution in [1.82, 2.24) is 10.2 Å². The molecule has 0 radical (unpaired) electrons. The molecular weight excluding hydrogens is 314 g/mol. The molecule has 1 aromatic rings. The number of nitrogens with one attached hydrogen (secondary N) is 1. The van der Waals surface area contributed by atoms with Crippen molar-refractivity contribution in [3.05, 3.63) is 41.6 Å². The van der Waals surface area contributed by atoms with Gasteiger partial charge in [-0.1, -0.05) is 31.4 Å². The average molecular weight is 341 g/mol. The first kappa shape index (κ1) is 18.9. The summed E-state index contributed by atoms with van der Waals surface area (Å²) in [4.78, 5) is 14.2. The number of likely N-dealkylation sites (N-methyl/N-ethyl adjacent to an activating group) is 1. The predicted octanol–water partition coefficient (Wildman–Crippen LogP) is 3.03. The molecule has 0 unspecified atom stereocenters. The summed E-state index contributed by atoms with van der Waals surface area (Å²) in [7, 11) is 3.45. The van der Waals surface area contributed by atoms with Crippen LogP contribution in [0.1, 0.15) is 37.7 Å². The van der Waals surface area contributed by atoms with Gasteiger partial charge in [0, 0.05) is 25.8 Å². The molecular formula is C20H27N3O2. The third-order valence-corrected chi connectivity index (χ3v) is 4.76. The van der Waals surface area contributed by atoms with Gasteiger partial charge in [0.15, 0.2) is 0 Å². The highest BCUT2D eigenvalue weighted by atomic mass is 16.5. The van der Waals surface area contributed by atoms with E-state index in [0.717, 1.165) is 37.9 Å². The van der Waals surface area contributed by atoms with Crippen LogP contribution in [-0.4, -0.2) is 37.6 Å². The second kappa shape index (κ2) is 9.73. The Morgan fingerprint density at radius 1 is 1.32 bits per heavy atom. The van der Waals surface area contributed by atoms with Crippen molar-refractivity contribution >= 4 is 5.91 Å². The van der Waals surface area contributed by atoms with Crippen LogP contribution >= 0.6 is 0 Å². The first-order chi connectivity index (χ1) is 12.2. The molecule has 1 amide bonds. The molecule has 0 spiro atoms. The zero-order valence-electron chi connectivity index (χ0n) is 15.1. The van der Waals surface area contributed by atoms with E-state index < -0.39 is 0 Å². The van der Waals surface area contributed by atoms with Gasteiger partial charge in [0.05, 0.1) is 7.11 Å². The smallest absolute Gasteiger partial charge is 0.265 e. The number of carbonyl (C=O) groups excluding carboxylic acids is 1. The molecule has 2 rings (SSSR count). The maximum atomic E-state index is 12.5. The third-order valence-electron chi connectivity index (χ3n) is 4.76. The molecule has 0 heterocycles. The van der Waals surface area contributed by atoms with Crippen LogP contribution in [0.5, 0.6) is 5.75 Å². The van der Waals surface area contributed by atoms with Crippen LogP contribution in [0, 0.1) is 11.3 Å². The molecule has 25 heavy (non-hydrogen) atoms. The highest BCUT2D eigenvalue weighted by Crippen LogP contribution is 2.22. The minimum atomic E-state index is -0.189. The van der Waals surface area contributed by atoms with E-state index in [-0.39, 0.29) is 17.5 Å². The lowest BCUT2D eigenvalue weighted by Crippen LogP contribution is -2.39. The Labute approximate surface area is 150 Å². The molecule has 1 fully saturated rings. The van der Waals surface area contributed by atoms with Gasteiger partial charge in [0.1, 0.15) is 17.4 Å². The van der Waals surface area contributed by atoms with Crippen molar-refractivity contribution in [3.63, 3.8) is 0 Å².